The number of hydrogen-bond donors (Lipinski definition) is 1. The monoisotopic (exact) mass is 235 g/mol. The Bertz CT molecular complexity index is 423. The average molecular weight is 235 g/mol. The number of hydrogen-bond acceptors (Lipinski definition) is 4. The Hall–Kier alpha value is -1.86. The lowest BCUT2D eigenvalue weighted by atomic mass is 10.1. The van der Waals surface area contributed by atoms with Crippen molar-refractivity contribution in [1.29, 1.82) is 0 Å². The summed E-state index contributed by atoms with van der Waals surface area (Å²) in [6, 6.07) is 3.35. The van der Waals surface area contributed by atoms with Crippen LogP contribution in [0.5, 0.6) is 17.2 Å². The van der Waals surface area contributed by atoms with Crippen LogP contribution in [0.15, 0.2) is 12.1 Å². The maximum Gasteiger partial charge on any atom is 0.164 e. The highest BCUT2D eigenvalue weighted by molar-refractivity contribution is 5.53. The summed E-state index contributed by atoms with van der Waals surface area (Å²) >= 11 is 0. The quantitative estimate of drug-likeness (QED) is 0.787. The molecule has 1 aromatic rings. The Morgan fingerprint density at radius 3 is 2.00 bits per heavy atom. The summed E-state index contributed by atoms with van der Waals surface area (Å²) in [4.78, 5) is 0. The van der Waals surface area contributed by atoms with Gasteiger partial charge < -0.3 is 19.5 Å². The molecule has 0 aliphatic rings. The number of terminal acetylenes is 1. The smallest absolute Gasteiger partial charge is 0.164 e. The molecule has 1 atom stereocenters. The van der Waals surface area contributed by atoms with Crippen molar-refractivity contribution >= 4 is 0 Å². The van der Waals surface area contributed by atoms with Crippen molar-refractivity contribution < 1.29 is 14.2 Å². The van der Waals surface area contributed by atoms with E-state index in [0.29, 0.717) is 17.2 Å². The molecule has 0 aliphatic carbocycles. The molecule has 4 heteroatoms. The molecule has 0 saturated carbocycles. The molecule has 0 radical (unpaired) electrons. The molecule has 0 spiro atoms. The van der Waals surface area contributed by atoms with Gasteiger partial charge in [-0.3, -0.25) is 0 Å². The first-order chi connectivity index (χ1) is 8.21. The van der Waals surface area contributed by atoms with Crippen molar-refractivity contribution in [2.45, 2.75) is 6.04 Å². The third kappa shape index (κ3) is 2.63. The van der Waals surface area contributed by atoms with Gasteiger partial charge in [-0.25, -0.2) is 0 Å². The maximum absolute atomic E-state index is 5.46. The van der Waals surface area contributed by atoms with Crippen LogP contribution in [-0.2, 0) is 0 Å². The summed E-state index contributed by atoms with van der Waals surface area (Å²) in [5.74, 6) is 4.55. The van der Waals surface area contributed by atoms with E-state index in [1.54, 1.807) is 34.4 Å². The highest BCUT2D eigenvalue weighted by atomic mass is 16.5. The Balaban J connectivity index is 3.33. The first-order valence-electron chi connectivity index (χ1n) is 5.15. The van der Waals surface area contributed by atoms with Gasteiger partial charge in [0.15, 0.2) is 11.5 Å². The van der Waals surface area contributed by atoms with Gasteiger partial charge in [0.1, 0.15) is 5.75 Å². The summed E-state index contributed by atoms with van der Waals surface area (Å²) < 4.78 is 15.7. The lowest BCUT2D eigenvalue weighted by molar-refractivity contribution is 0.346. The van der Waals surface area contributed by atoms with Crippen molar-refractivity contribution in [3.8, 4) is 29.6 Å². The molecule has 17 heavy (non-hydrogen) atoms. The van der Waals surface area contributed by atoms with E-state index in [2.05, 4.69) is 11.2 Å². The van der Waals surface area contributed by atoms with Crippen molar-refractivity contribution in [2.24, 2.45) is 0 Å². The summed E-state index contributed by atoms with van der Waals surface area (Å²) in [6.45, 7) is 0. The van der Waals surface area contributed by atoms with Gasteiger partial charge >= 0.3 is 0 Å². The zero-order chi connectivity index (χ0) is 12.8. The molecule has 1 rings (SSSR count). The predicted octanol–water partition coefficient (Wildman–Crippen LogP) is 1.61. The molecule has 0 heterocycles. The van der Waals surface area contributed by atoms with Gasteiger partial charge in [-0.05, 0) is 13.1 Å². The lowest BCUT2D eigenvalue weighted by Crippen LogP contribution is -2.15. The molecule has 0 aromatic heterocycles. The normalized spacial score (nSPS) is 11.5. The van der Waals surface area contributed by atoms with Crippen LogP contribution >= 0.6 is 0 Å². The van der Waals surface area contributed by atoms with Crippen molar-refractivity contribution in [3.63, 3.8) is 0 Å². The molecule has 1 unspecified atom stereocenters. The van der Waals surface area contributed by atoms with Crippen LogP contribution in [0.3, 0.4) is 0 Å². The fourth-order valence-electron chi connectivity index (χ4n) is 1.61. The van der Waals surface area contributed by atoms with E-state index in [0.717, 1.165) is 5.56 Å². The largest absolute Gasteiger partial charge is 0.496 e. The summed E-state index contributed by atoms with van der Waals surface area (Å²) in [5.41, 5.74) is 0.843. The highest BCUT2D eigenvalue weighted by Gasteiger charge is 2.16. The standard InChI is InChI=1S/C13H17NO3/c1-6-10(14-2)9-7-12(16-4)13(17-5)8-11(9)15-3/h1,7-8,10,14H,2-5H3. The molecule has 0 amide bonds. The van der Waals surface area contributed by atoms with Gasteiger partial charge in [-0.1, -0.05) is 5.92 Å². The molecule has 1 N–H and O–H groups in total. The van der Waals surface area contributed by atoms with Gasteiger partial charge in [0.25, 0.3) is 0 Å². The van der Waals surface area contributed by atoms with Crippen LogP contribution in [0.2, 0.25) is 0 Å². The Morgan fingerprint density at radius 2 is 1.59 bits per heavy atom. The van der Waals surface area contributed by atoms with Crippen molar-refractivity contribution in [3.05, 3.63) is 17.7 Å². The average Bonchev–Trinajstić information content (AvgIpc) is 2.39. The molecule has 4 nitrogen and oxygen atoms in total. The van der Waals surface area contributed by atoms with Crippen LogP contribution in [0.1, 0.15) is 11.6 Å². The van der Waals surface area contributed by atoms with E-state index in [4.69, 9.17) is 20.6 Å². The molecular formula is C13H17NO3. The minimum atomic E-state index is -0.232. The van der Waals surface area contributed by atoms with Crippen LogP contribution in [0.4, 0.5) is 0 Å². The summed E-state index contributed by atoms with van der Waals surface area (Å²) in [6.07, 6.45) is 5.46. The SMILES string of the molecule is C#CC(NC)c1cc(OC)c(OC)cc1OC. The van der Waals surface area contributed by atoms with Gasteiger partial charge in [-0.2, -0.15) is 0 Å². The van der Waals surface area contributed by atoms with E-state index < -0.39 is 0 Å². The van der Waals surface area contributed by atoms with Gasteiger partial charge in [-0.15, -0.1) is 6.42 Å². The fraction of sp³-hybridized carbons (Fsp3) is 0.385. The van der Waals surface area contributed by atoms with Crippen LogP contribution in [0.25, 0.3) is 0 Å². The first-order valence-corrected chi connectivity index (χ1v) is 5.15. The Kier molecular flexibility index (Phi) is 4.68. The fourth-order valence-corrected chi connectivity index (χ4v) is 1.61. The molecule has 0 saturated heterocycles. The molecule has 0 bridgehead atoms. The molecular weight excluding hydrogens is 218 g/mol. The Labute approximate surface area is 102 Å². The summed E-state index contributed by atoms with van der Waals surface area (Å²) in [5, 5.41) is 3.02. The number of benzene rings is 1. The zero-order valence-electron chi connectivity index (χ0n) is 10.5. The summed E-state index contributed by atoms with van der Waals surface area (Å²) in [7, 11) is 6.54. The minimum absolute atomic E-state index is 0.232. The number of nitrogens with one attached hydrogen (secondary N) is 1. The van der Waals surface area contributed by atoms with Gasteiger partial charge in [0, 0.05) is 11.6 Å². The van der Waals surface area contributed by atoms with Crippen LogP contribution in [-0.4, -0.2) is 28.4 Å². The van der Waals surface area contributed by atoms with Crippen LogP contribution < -0.4 is 19.5 Å². The van der Waals surface area contributed by atoms with Gasteiger partial charge in [0.05, 0.1) is 27.4 Å². The predicted molar refractivity (Wildman–Crippen MR) is 66.7 cm³/mol. The third-order valence-electron chi connectivity index (χ3n) is 2.50. The second-order valence-corrected chi connectivity index (χ2v) is 3.34. The van der Waals surface area contributed by atoms with Gasteiger partial charge in [0.2, 0.25) is 0 Å². The number of rotatable bonds is 5. The molecule has 0 fully saturated rings. The number of ether oxygens (including phenoxy) is 3. The van der Waals surface area contributed by atoms with E-state index >= 15 is 0 Å². The van der Waals surface area contributed by atoms with E-state index in [1.807, 2.05) is 6.07 Å². The molecule has 0 aliphatic heterocycles. The van der Waals surface area contributed by atoms with Crippen LogP contribution in [0, 0.1) is 12.3 Å². The Morgan fingerprint density at radius 1 is 1.06 bits per heavy atom. The topological polar surface area (TPSA) is 39.7 Å². The first kappa shape index (κ1) is 13.2. The lowest BCUT2D eigenvalue weighted by Gasteiger charge is -2.17. The second-order valence-electron chi connectivity index (χ2n) is 3.34. The molecule has 1 aromatic carbocycles. The third-order valence-corrected chi connectivity index (χ3v) is 2.50. The minimum Gasteiger partial charge on any atom is -0.496 e. The number of methoxy groups -OCH3 is 3. The molecule has 92 valence electrons. The zero-order valence-corrected chi connectivity index (χ0v) is 10.5. The van der Waals surface area contributed by atoms with E-state index in [1.165, 1.54) is 0 Å². The maximum atomic E-state index is 5.46. The van der Waals surface area contributed by atoms with Crippen molar-refractivity contribution in [1.82, 2.24) is 5.32 Å². The second kappa shape index (κ2) is 6.02. The van der Waals surface area contributed by atoms with E-state index in [9.17, 15) is 0 Å². The van der Waals surface area contributed by atoms with E-state index in [-0.39, 0.29) is 6.04 Å². The van der Waals surface area contributed by atoms with Crippen molar-refractivity contribution in [2.75, 3.05) is 28.4 Å². The highest BCUT2D eigenvalue weighted by Crippen LogP contribution is 2.37.